The molecule has 3 aromatic rings. The number of aryl methyl sites for hydroxylation is 4. The molecule has 1 aliphatic heterocycles. The zero-order valence-electron chi connectivity index (χ0n) is 22.9. The van der Waals surface area contributed by atoms with Gasteiger partial charge in [0.2, 0.25) is 0 Å². The van der Waals surface area contributed by atoms with E-state index in [0.29, 0.717) is 16.7 Å². The van der Waals surface area contributed by atoms with Crippen molar-refractivity contribution in [3.05, 3.63) is 100 Å². The van der Waals surface area contributed by atoms with Gasteiger partial charge in [-0.05, 0) is 63.1 Å². The highest BCUT2D eigenvalue weighted by Crippen LogP contribution is 2.30. The second kappa shape index (κ2) is 12.3. The molecule has 0 saturated carbocycles. The summed E-state index contributed by atoms with van der Waals surface area (Å²) in [5.74, 6) is -1.44. The number of rotatable bonds is 8. The molecule has 4 atom stereocenters. The molecular weight excluding hydrogens is 536 g/mol. The summed E-state index contributed by atoms with van der Waals surface area (Å²) in [7, 11) is -3.07. The second-order valence-electron chi connectivity index (χ2n) is 9.72. The Hall–Kier alpha value is -3.57. The van der Waals surface area contributed by atoms with Crippen LogP contribution in [0.1, 0.15) is 43.0 Å². The van der Waals surface area contributed by atoms with Crippen LogP contribution in [-0.2, 0) is 33.2 Å². The molecule has 4 rings (SSSR count). The SMILES string of the molecule is CO[C@H]1OC[C@@H](OC(=O)c2c(C)cc(C)cc2C)[C@H](OS(=O)(=O)c2ccc(C)cc2)[C@H]1OC(=O)c1ccccc1. The molecule has 10 heteroatoms. The van der Waals surface area contributed by atoms with Crippen LogP contribution in [0.4, 0.5) is 0 Å². The number of benzene rings is 3. The van der Waals surface area contributed by atoms with Gasteiger partial charge in [0.1, 0.15) is 0 Å². The third kappa shape index (κ3) is 6.59. The topological polar surface area (TPSA) is 114 Å². The van der Waals surface area contributed by atoms with Gasteiger partial charge in [0.05, 0.1) is 22.6 Å². The molecule has 0 spiro atoms. The lowest BCUT2D eigenvalue weighted by Crippen LogP contribution is -2.58. The van der Waals surface area contributed by atoms with Crippen molar-refractivity contribution in [1.82, 2.24) is 0 Å². The van der Waals surface area contributed by atoms with E-state index in [2.05, 4.69) is 0 Å². The smallest absolute Gasteiger partial charge is 0.339 e. The summed E-state index contributed by atoms with van der Waals surface area (Å²) in [6, 6.07) is 17.9. The number of carbonyl (C=O) groups excluding carboxylic acids is 2. The number of methoxy groups -OCH3 is 1. The van der Waals surface area contributed by atoms with Gasteiger partial charge in [0.15, 0.2) is 24.6 Å². The molecule has 0 aliphatic carbocycles. The Morgan fingerprint density at radius 1 is 0.800 bits per heavy atom. The monoisotopic (exact) mass is 568 g/mol. The first-order chi connectivity index (χ1) is 19.0. The molecule has 0 radical (unpaired) electrons. The lowest BCUT2D eigenvalue weighted by atomic mass is 9.99. The molecule has 40 heavy (non-hydrogen) atoms. The van der Waals surface area contributed by atoms with E-state index in [9.17, 15) is 18.0 Å². The Labute approximate surface area is 234 Å². The number of carbonyl (C=O) groups is 2. The molecule has 0 unspecified atom stereocenters. The predicted molar refractivity (Wildman–Crippen MR) is 145 cm³/mol. The van der Waals surface area contributed by atoms with E-state index in [1.807, 2.05) is 26.0 Å². The minimum absolute atomic E-state index is 0.109. The van der Waals surface area contributed by atoms with Crippen molar-refractivity contribution in [3.8, 4) is 0 Å². The highest BCUT2D eigenvalue weighted by atomic mass is 32.2. The van der Waals surface area contributed by atoms with Crippen molar-refractivity contribution in [2.45, 2.75) is 57.2 Å². The Kier molecular flexibility index (Phi) is 9.05. The molecule has 3 aromatic carbocycles. The van der Waals surface area contributed by atoms with E-state index in [-0.39, 0.29) is 17.1 Å². The van der Waals surface area contributed by atoms with Crippen LogP contribution in [0.15, 0.2) is 71.6 Å². The van der Waals surface area contributed by atoms with Crippen LogP contribution >= 0.6 is 0 Å². The minimum Gasteiger partial charge on any atom is -0.453 e. The summed E-state index contributed by atoms with van der Waals surface area (Å²) >= 11 is 0. The standard InChI is InChI=1S/C30H32O9S/c1-18-11-13-23(14-12-18)40(33,34)39-26-24(37-29(32)25-20(3)15-19(2)16-21(25)4)17-36-30(35-5)27(26)38-28(31)22-9-7-6-8-10-22/h6-16,24,26-27,30H,17H2,1-5H3/t24-,26+,27-,30+/m1/s1. The first kappa shape index (κ1) is 29.4. The first-order valence-corrected chi connectivity index (χ1v) is 14.1. The lowest BCUT2D eigenvalue weighted by Gasteiger charge is -2.40. The predicted octanol–water partition coefficient (Wildman–Crippen LogP) is 4.45. The number of esters is 2. The molecule has 1 fully saturated rings. The largest absolute Gasteiger partial charge is 0.453 e. The highest BCUT2D eigenvalue weighted by molar-refractivity contribution is 7.86. The molecular formula is C30H32O9S. The molecule has 0 aromatic heterocycles. The van der Waals surface area contributed by atoms with Gasteiger partial charge in [-0.1, -0.05) is 53.6 Å². The van der Waals surface area contributed by atoms with Crippen molar-refractivity contribution in [2.24, 2.45) is 0 Å². The minimum atomic E-state index is -4.39. The quantitative estimate of drug-likeness (QED) is 0.287. The molecule has 9 nitrogen and oxygen atoms in total. The molecule has 212 valence electrons. The van der Waals surface area contributed by atoms with E-state index < -0.39 is 46.7 Å². The van der Waals surface area contributed by atoms with Gasteiger partial charge in [-0.25, -0.2) is 9.59 Å². The maximum Gasteiger partial charge on any atom is 0.339 e. The summed E-state index contributed by atoms with van der Waals surface area (Å²) in [4.78, 5) is 26.3. The normalized spacial score (nSPS) is 21.0. The van der Waals surface area contributed by atoms with E-state index in [4.69, 9.17) is 23.1 Å². The lowest BCUT2D eigenvalue weighted by molar-refractivity contribution is -0.255. The fourth-order valence-electron chi connectivity index (χ4n) is 4.66. The zero-order chi connectivity index (χ0) is 29.0. The van der Waals surface area contributed by atoms with E-state index in [1.165, 1.54) is 19.2 Å². The number of ether oxygens (including phenoxy) is 4. The third-order valence-electron chi connectivity index (χ3n) is 6.56. The average Bonchev–Trinajstić information content (AvgIpc) is 2.90. The van der Waals surface area contributed by atoms with E-state index >= 15 is 0 Å². The van der Waals surface area contributed by atoms with E-state index in [0.717, 1.165) is 11.1 Å². The van der Waals surface area contributed by atoms with Crippen molar-refractivity contribution >= 4 is 22.1 Å². The third-order valence-corrected chi connectivity index (χ3v) is 7.88. The summed E-state index contributed by atoms with van der Waals surface area (Å²) in [6.07, 6.45) is -5.33. The molecule has 1 heterocycles. The molecule has 0 N–H and O–H groups in total. The number of hydrogen-bond acceptors (Lipinski definition) is 9. The molecule has 1 aliphatic rings. The van der Waals surface area contributed by atoms with Crippen LogP contribution in [0, 0.1) is 27.7 Å². The van der Waals surface area contributed by atoms with E-state index in [1.54, 1.807) is 56.3 Å². The van der Waals surface area contributed by atoms with Gasteiger partial charge in [-0.3, -0.25) is 4.18 Å². The van der Waals surface area contributed by atoms with Gasteiger partial charge in [0.25, 0.3) is 10.1 Å². The summed E-state index contributed by atoms with van der Waals surface area (Å²) < 4.78 is 55.0. The van der Waals surface area contributed by atoms with Crippen LogP contribution < -0.4 is 0 Å². The van der Waals surface area contributed by atoms with Gasteiger partial charge in [-0.2, -0.15) is 8.42 Å². The van der Waals surface area contributed by atoms with Crippen molar-refractivity contribution in [2.75, 3.05) is 13.7 Å². The molecule has 1 saturated heterocycles. The number of hydrogen-bond donors (Lipinski definition) is 0. The fraction of sp³-hybridized carbons (Fsp3) is 0.333. The second-order valence-corrected chi connectivity index (χ2v) is 11.3. The first-order valence-electron chi connectivity index (χ1n) is 12.7. The van der Waals surface area contributed by atoms with Crippen molar-refractivity contribution in [3.63, 3.8) is 0 Å². The summed E-state index contributed by atoms with van der Waals surface area (Å²) in [5, 5.41) is 0. The Morgan fingerprint density at radius 3 is 2.02 bits per heavy atom. The Balaban J connectivity index is 1.70. The van der Waals surface area contributed by atoms with Gasteiger partial charge in [-0.15, -0.1) is 0 Å². The maximum atomic E-state index is 13.4. The average molecular weight is 569 g/mol. The van der Waals surface area contributed by atoms with Crippen LogP contribution in [-0.4, -0.2) is 58.7 Å². The fourth-order valence-corrected chi connectivity index (χ4v) is 5.77. The van der Waals surface area contributed by atoms with Gasteiger partial charge < -0.3 is 18.9 Å². The van der Waals surface area contributed by atoms with Crippen molar-refractivity contribution < 1.29 is 41.1 Å². The van der Waals surface area contributed by atoms with Crippen LogP contribution in [0.25, 0.3) is 0 Å². The van der Waals surface area contributed by atoms with Crippen LogP contribution in [0.5, 0.6) is 0 Å². The molecule has 0 bridgehead atoms. The highest BCUT2D eigenvalue weighted by Gasteiger charge is 2.49. The van der Waals surface area contributed by atoms with Crippen LogP contribution in [0.2, 0.25) is 0 Å². The summed E-state index contributed by atoms with van der Waals surface area (Å²) in [6.45, 7) is 7.05. The summed E-state index contributed by atoms with van der Waals surface area (Å²) in [5.41, 5.74) is 3.81. The van der Waals surface area contributed by atoms with Crippen LogP contribution in [0.3, 0.4) is 0 Å². The maximum absolute atomic E-state index is 13.4. The van der Waals surface area contributed by atoms with Gasteiger partial charge >= 0.3 is 11.9 Å². The Morgan fingerprint density at radius 2 is 1.43 bits per heavy atom. The molecule has 0 amide bonds. The van der Waals surface area contributed by atoms with Crippen molar-refractivity contribution in [1.29, 1.82) is 0 Å². The zero-order valence-corrected chi connectivity index (χ0v) is 23.8. The van der Waals surface area contributed by atoms with Gasteiger partial charge in [0, 0.05) is 7.11 Å². The Bertz CT molecular complexity index is 1440.